The van der Waals surface area contributed by atoms with Crippen molar-refractivity contribution in [2.75, 3.05) is 6.54 Å². The normalized spacial score (nSPS) is 17.4. The first kappa shape index (κ1) is 13.1. The second-order valence-corrected chi connectivity index (χ2v) is 5.57. The zero-order valence-corrected chi connectivity index (χ0v) is 11.4. The van der Waals surface area contributed by atoms with Gasteiger partial charge in [0.1, 0.15) is 6.54 Å². The van der Waals surface area contributed by atoms with Crippen LogP contribution in [-0.4, -0.2) is 32.9 Å². The highest BCUT2D eigenvalue weighted by Gasteiger charge is 2.31. The Hall–Kier alpha value is -1.88. The van der Waals surface area contributed by atoms with Crippen LogP contribution in [0.5, 0.6) is 0 Å². The minimum absolute atomic E-state index is 0.112. The maximum atomic E-state index is 12.0. The molecule has 0 bridgehead atoms. The van der Waals surface area contributed by atoms with Crippen LogP contribution in [0.25, 0.3) is 10.9 Å². The second-order valence-electron chi connectivity index (χ2n) is 5.57. The number of para-hydroxylation sites is 1. The predicted molar refractivity (Wildman–Crippen MR) is 76.2 cm³/mol. The molecule has 0 saturated heterocycles. The first-order valence-electron chi connectivity index (χ1n) is 7.06. The highest BCUT2D eigenvalue weighted by molar-refractivity contribution is 5.81. The Bertz CT molecular complexity index is 614. The molecule has 1 saturated carbocycles. The van der Waals surface area contributed by atoms with E-state index in [1.54, 1.807) is 10.9 Å². The van der Waals surface area contributed by atoms with Crippen LogP contribution in [0, 0.1) is 0 Å². The number of rotatable bonds is 4. The fraction of sp³-hybridized carbons (Fsp3) is 0.467. The second kappa shape index (κ2) is 5.25. The van der Waals surface area contributed by atoms with Gasteiger partial charge in [0.15, 0.2) is 0 Å². The molecule has 1 heterocycles. The number of nitrogens with zero attached hydrogens (tertiary/aromatic N) is 2. The van der Waals surface area contributed by atoms with Crippen LogP contribution in [0.1, 0.15) is 25.7 Å². The molecular weight excluding hydrogens is 254 g/mol. The van der Waals surface area contributed by atoms with Crippen molar-refractivity contribution in [2.24, 2.45) is 0 Å². The largest absolute Gasteiger partial charge is 0.388 e. The molecule has 1 aliphatic carbocycles. The Labute approximate surface area is 117 Å². The first-order valence-corrected chi connectivity index (χ1v) is 7.06. The van der Waals surface area contributed by atoms with Gasteiger partial charge in [-0.15, -0.1) is 0 Å². The van der Waals surface area contributed by atoms with Crippen molar-refractivity contribution in [3.8, 4) is 0 Å². The Morgan fingerprint density at radius 2 is 2.10 bits per heavy atom. The van der Waals surface area contributed by atoms with Gasteiger partial charge in [0.25, 0.3) is 0 Å². The first-order chi connectivity index (χ1) is 9.66. The van der Waals surface area contributed by atoms with E-state index in [0.717, 1.165) is 36.6 Å². The quantitative estimate of drug-likeness (QED) is 0.886. The average Bonchev–Trinajstić information content (AvgIpc) is 3.05. The maximum Gasteiger partial charge on any atom is 0.241 e. The zero-order valence-electron chi connectivity index (χ0n) is 11.4. The number of hydrogen-bond donors (Lipinski definition) is 2. The minimum atomic E-state index is -0.707. The summed E-state index contributed by atoms with van der Waals surface area (Å²) < 4.78 is 1.68. The summed E-state index contributed by atoms with van der Waals surface area (Å²) in [5.74, 6) is -0.112. The van der Waals surface area contributed by atoms with Crippen LogP contribution in [0.15, 0.2) is 30.5 Å². The lowest BCUT2D eigenvalue weighted by Gasteiger charge is -2.22. The van der Waals surface area contributed by atoms with E-state index in [4.69, 9.17) is 0 Å². The van der Waals surface area contributed by atoms with Crippen LogP contribution in [0.2, 0.25) is 0 Å². The number of carbonyl (C=O) groups excluding carboxylic acids is 1. The lowest BCUT2D eigenvalue weighted by Crippen LogP contribution is -2.42. The van der Waals surface area contributed by atoms with Crippen LogP contribution < -0.4 is 5.32 Å². The van der Waals surface area contributed by atoms with E-state index >= 15 is 0 Å². The van der Waals surface area contributed by atoms with Gasteiger partial charge in [-0.1, -0.05) is 31.0 Å². The molecule has 2 aromatic rings. The number of carbonyl (C=O) groups is 1. The number of aliphatic hydroxyl groups is 1. The molecule has 1 amide bonds. The number of benzene rings is 1. The molecule has 1 aromatic carbocycles. The van der Waals surface area contributed by atoms with Gasteiger partial charge in [-0.3, -0.25) is 9.48 Å². The summed E-state index contributed by atoms with van der Waals surface area (Å²) in [4.78, 5) is 12.0. The summed E-state index contributed by atoms with van der Waals surface area (Å²) in [7, 11) is 0. The predicted octanol–water partition coefficient (Wildman–Crippen LogP) is 1.46. The fourth-order valence-corrected chi connectivity index (χ4v) is 2.82. The van der Waals surface area contributed by atoms with E-state index in [2.05, 4.69) is 10.4 Å². The van der Waals surface area contributed by atoms with E-state index in [0.29, 0.717) is 6.54 Å². The van der Waals surface area contributed by atoms with Crippen molar-refractivity contribution >= 4 is 16.8 Å². The van der Waals surface area contributed by atoms with Crippen molar-refractivity contribution in [3.05, 3.63) is 30.5 Å². The van der Waals surface area contributed by atoms with Gasteiger partial charge in [0.05, 0.1) is 17.3 Å². The van der Waals surface area contributed by atoms with Gasteiger partial charge in [-0.2, -0.15) is 5.10 Å². The third kappa shape index (κ3) is 2.67. The molecule has 0 atom stereocenters. The molecule has 2 N–H and O–H groups in total. The number of nitrogens with one attached hydrogen (secondary N) is 1. The van der Waals surface area contributed by atoms with Crippen LogP contribution in [-0.2, 0) is 11.3 Å². The summed E-state index contributed by atoms with van der Waals surface area (Å²) in [6, 6.07) is 7.79. The minimum Gasteiger partial charge on any atom is -0.388 e. The molecule has 0 spiro atoms. The van der Waals surface area contributed by atoms with Crippen molar-refractivity contribution in [1.29, 1.82) is 0 Å². The van der Waals surface area contributed by atoms with E-state index in [9.17, 15) is 9.90 Å². The van der Waals surface area contributed by atoms with Crippen LogP contribution in [0.4, 0.5) is 0 Å². The highest BCUT2D eigenvalue weighted by atomic mass is 16.3. The summed E-state index contributed by atoms with van der Waals surface area (Å²) in [5.41, 5.74) is 0.240. The van der Waals surface area contributed by atoms with Crippen molar-refractivity contribution in [3.63, 3.8) is 0 Å². The standard InChI is InChI=1S/C15H19N3O2/c19-14(16-11-15(20)7-3-4-8-15)10-18-13-6-2-1-5-12(13)9-17-18/h1-2,5-6,9,20H,3-4,7-8,10-11H2,(H,16,19). The van der Waals surface area contributed by atoms with Crippen molar-refractivity contribution in [2.45, 2.75) is 37.8 Å². The lowest BCUT2D eigenvalue weighted by molar-refractivity contribution is -0.123. The van der Waals surface area contributed by atoms with Gasteiger partial charge in [-0.05, 0) is 18.9 Å². The van der Waals surface area contributed by atoms with E-state index in [1.165, 1.54) is 0 Å². The summed E-state index contributed by atoms with van der Waals surface area (Å²) in [5, 5.41) is 18.3. The Balaban J connectivity index is 1.61. The van der Waals surface area contributed by atoms with Gasteiger partial charge < -0.3 is 10.4 Å². The molecule has 3 rings (SSSR count). The van der Waals surface area contributed by atoms with Crippen molar-refractivity contribution in [1.82, 2.24) is 15.1 Å². The smallest absolute Gasteiger partial charge is 0.241 e. The number of fused-ring (bicyclic) bond motifs is 1. The average molecular weight is 273 g/mol. The number of hydrogen-bond acceptors (Lipinski definition) is 3. The SMILES string of the molecule is O=C(Cn1ncc2ccccc21)NCC1(O)CCCC1. The van der Waals surface area contributed by atoms with Crippen LogP contribution >= 0.6 is 0 Å². The molecule has 1 aliphatic rings. The molecule has 5 heteroatoms. The maximum absolute atomic E-state index is 12.0. The molecule has 5 nitrogen and oxygen atoms in total. The van der Waals surface area contributed by atoms with E-state index in [-0.39, 0.29) is 12.5 Å². The monoisotopic (exact) mass is 273 g/mol. The van der Waals surface area contributed by atoms with Gasteiger partial charge in [-0.25, -0.2) is 0 Å². The van der Waals surface area contributed by atoms with Crippen LogP contribution in [0.3, 0.4) is 0 Å². The number of aromatic nitrogens is 2. The molecule has 0 radical (unpaired) electrons. The fourth-order valence-electron chi connectivity index (χ4n) is 2.82. The third-order valence-corrected chi connectivity index (χ3v) is 3.99. The third-order valence-electron chi connectivity index (χ3n) is 3.99. The van der Waals surface area contributed by atoms with Crippen molar-refractivity contribution < 1.29 is 9.90 Å². The Kier molecular flexibility index (Phi) is 3.44. The zero-order chi connectivity index (χ0) is 14.0. The summed E-state index contributed by atoms with van der Waals surface area (Å²) in [6.45, 7) is 0.522. The van der Waals surface area contributed by atoms with E-state index < -0.39 is 5.60 Å². The molecule has 0 aliphatic heterocycles. The highest BCUT2D eigenvalue weighted by Crippen LogP contribution is 2.28. The Morgan fingerprint density at radius 3 is 2.90 bits per heavy atom. The molecular formula is C15H19N3O2. The Morgan fingerprint density at radius 1 is 1.35 bits per heavy atom. The molecule has 20 heavy (non-hydrogen) atoms. The lowest BCUT2D eigenvalue weighted by atomic mass is 10.0. The van der Waals surface area contributed by atoms with Gasteiger partial charge in [0.2, 0.25) is 5.91 Å². The molecule has 1 aromatic heterocycles. The molecule has 0 unspecified atom stereocenters. The number of amides is 1. The topological polar surface area (TPSA) is 67.2 Å². The van der Waals surface area contributed by atoms with E-state index in [1.807, 2.05) is 24.3 Å². The summed E-state index contributed by atoms with van der Waals surface area (Å²) >= 11 is 0. The summed E-state index contributed by atoms with van der Waals surface area (Å²) in [6.07, 6.45) is 5.38. The molecule has 106 valence electrons. The van der Waals surface area contributed by atoms with Gasteiger partial charge >= 0.3 is 0 Å². The van der Waals surface area contributed by atoms with Gasteiger partial charge in [0, 0.05) is 11.9 Å². The molecule has 1 fully saturated rings.